The first kappa shape index (κ1) is 27.4. The minimum absolute atomic E-state index is 0.0767. The molecule has 5 heterocycles. The predicted octanol–water partition coefficient (Wildman–Crippen LogP) is 5.23. The van der Waals surface area contributed by atoms with Gasteiger partial charge in [-0.2, -0.15) is 0 Å². The summed E-state index contributed by atoms with van der Waals surface area (Å²) in [6.07, 6.45) is 8.20. The van der Waals surface area contributed by atoms with Crippen LogP contribution in [-0.4, -0.2) is 65.6 Å². The fourth-order valence-electron chi connectivity index (χ4n) is 5.63. The first-order valence-electron chi connectivity index (χ1n) is 14.3. The molecule has 0 bridgehead atoms. The number of alkyl carbamates (subject to hydrolysis) is 1. The molecule has 1 fully saturated rings. The van der Waals surface area contributed by atoms with Crippen LogP contribution in [0.4, 0.5) is 4.79 Å². The van der Waals surface area contributed by atoms with Gasteiger partial charge >= 0.3 is 6.09 Å². The number of amides is 2. The van der Waals surface area contributed by atoms with E-state index in [0.717, 1.165) is 46.5 Å². The largest absolute Gasteiger partial charge is 0.444 e. The van der Waals surface area contributed by atoms with Crippen molar-refractivity contribution in [2.24, 2.45) is 0 Å². The fraction of sp³-hybridized carbons (Fsp3) is 0.344. The number of rotatable bonds is 5. The van der Waals surface area contributed by atoms with Crippen LogP contribution in [0, 0.1) is 6.92 Å². The number of carbonyl (C=O) groups is 2. The van der Waals surface area contributed by atoms with Gasteiger partial charge in [-0.1, -0.05) is 18.2 Å². The number of piperidine rings is 1. The van der Waals surface area contributed by atoms with E-state index in [4.69, 9.17) is 9.72 Å². The van der Waals surface area contributed by atoms with E-state index >= 15 is 0 Å². The van der Waals surface area contributed by atoms with E-state index in [9.17, 15) is 9.59 Å². The molecule has 5 aromatic rings. The Morgan fingerprint density at radius 3 is 2.74 bits per heavy atom. The topological polar surface area (TPSA) is 107 Å². The molecule has 1 aromatic carbocycles. The molecule has 10 heteroatoms. The van der Waals surface area contributed by atoms with Gasteiger partial charge < -0.3 is 23.9 Å². The Morgan fingerprint density at radius 1 is 1.12 bits per heavy atom. The summed E-state index contributed by atoms with van der Waals surface area (Å²) in [6.45, 7) is 9.17. The highest BCUT2D eigenvalue weighted by Crippen LogP contribution is 2.31. The second kappa shape index (κ2) is 10.9. The SMILES string of the molecule is Cc1c(-c2cc3ccccc3n2Cc2cnccn2)nc2cc(C(=O)N3CCC[C@@H](NC(=O)OC(C)(C)C)C3)ccn12. The lowest BCUT2D eigenvalue weighted by Gasteiger charge is -2.33. The Bertz CT molecular complexity index is 1770. The molecule has 2 amide bonds. The molecule has 1 aliphatic heterocycles. The maximum atomic E-state index is 13.6. The predicted molar refractivity (Wildman–Crippen MR) is 160 cm³/mol. The Hall–Kier alpha value is -4.73. The van der Waals surface area contributed by atoms with Gasteiger partial charge in [0, 0.05) is 59.9 Å². The number of nitrogens with one attached hydrogen (secondary N) is 1. The molecular formula is C32H35N7O3. The van der Waals surface area contributed by atoms with Crippen LogP contribution in [0.1, 0.15) is 55.4 Å². The number of aromatic nitrogens is 5. The lowest BCUT2D eigenvalue weighted by atomic mass is 10.0. The highest BCUT2D eigenvalue weighted by molar-refractivity contribution is 5.95. The van der Waals surface area contributed by atoms with Crippen molar-refractivity contribution in [2.45, 2.75) is 58.7 Å². The lowest BCUT2D eigenvalue weighted by molar-refractivity contribution is 0.0452. The second-order valence-electron chi connectivity index (χ2n) is 11.8. The average Bonchev–Trinajstić information content (AvgIpc) is 3.49. The smallest absolute Gasteiger partial charge is 0.407 e. The van der Waals surface area contributed by atoms with Gasteiger partial charge in [0.05, 0.1) is 24.1 Å². The van der Waals surface area contributed by atoms with Crippen molar-refractivity contribution in [1.82, 2.24) is 34.1 Å². The molecule has 1 N–H and O–H groups in total. The Morgan fingerprint density at radius 2 is 1.95 bits per heavy atom. The van der Waals surface area contributed by atoms with E-state index in [1.54, 1.807) is 23.5 Å². The van der Waals surface area contributed by atoms with Gasteiger partial charge in [-0.25, -0.2) is 9.78 Å². The summed E-state index contributed by atoms with van der Waals surface area (Å²) in [5.74, 6) is -0.0767. The Kier molecular flexibility index (Phi) is 7.14. The number of aryl methyl sites for hydroxylation is 1. The van der Waals surface area contributed by atoms with Crippen LogP contribution in [0.15, 0.2) is 67.3 Å². The number of nitrogens with zero attached hydrogens (tertiary/aromatic N) is 6. The van der Waals surface area contributed by atoms with Crippen molar-refractivity contribution >= 4 is 28.6 Å². The van der Waals surface area contributed by atoms with Crippen LogP contribution >= 0.6 is 0 Å². The van der Waals surface area contributed by atoms with Crippen LogP contribution < -0.4 is 5.32 Å². The van der Waals surface area contributed by atoms with Crippen LogP contribution in [-0.2, 0) is 11.3 Å². The summed E-state index contributed by atoms with van der Waals surface area (Å²) in [5.41, 5.74) is 5.44. The zero-order valence-electron chi connectivity index (χ0n) is 24.4. The van der Waals surface area contributed by atoms with Crippen LogP contribution in [0.5, 0.6) is 0 Å². The van der Waals surface area contributed by atoms with Crippen LogP contribution in [0.25, 0.3) is 27.9 Å². The molecule has 1 atom stereocenters. The third kappa shape index (κ3) is 5.57. The van der Waals surface area contributed by atoms with Gasteiger partial charge in [-0.15, -0.1) is 0 Å². The molecule has 10 nitrogen and oxygen atoms in total. The molecule has 4 aromatic heterocycles. The molecule has 1 aliphatic rings. The minimum atomic E-state index is -0.575. The maximum absolute atomic E-state index is 13.6. The van der Waals surface area contributed by atoms with Gasteiger partial charge in [0.2, 0.25) is 0 Å². The summed E-state index contributed by atoms with van der Waals surface area (Å²) in [4.78, 5) is 41.4. The van der Waals surface area contributed by atoms with Gasteiger partial charge in [0.15, 0.2) is 0 Å². The summed E-state index contributed by atoms with van der Waals surface area (Å²) in [6, 6.07) is 13.9. The molecule has 0 aliphatic carbocycles. The number of hydrogen-bond donors (Lipinski definition) is 1. The van der Waals surface area contributed by atoms with E-state index in [1.807, 2.05) is 62.6 Å². The van der Waals surface area contributed by atoms with Crippen molar-refractivity contribution in [3.8, 4) is 11.4 Å². The zero-order chi connectivity index (χ0) is 29.4. The van der Waals surface area contributed by atoms with E-state index < -0.39 is 11.7 Å². The first-order valence-corrected chi connectivity index (χ1v) is 14.3. The summed E-state index contributed by atoms with van der Waals surface area (Å²) in [5, 5.41) is 4.04. The molecule has 216 valence electrons. The zero-order valence-corrected chi connectivity index (χ0v) is 24.4. The Balaban J connectivity index is 1.28. The summed E-state index contributed by atoms with van der Waals surface area (Å²) >= 11 is 0. The first-order chi connectivity index (χ1) is 20.2. The lowest BCUT2D eigenvalue weighted by Crippen LogP contribution is -2.50. The number of hydrogen-bond acceptors (Lipinski definition) is 6. The van der Waals surface area contributed by atoms with E-state index in [0.29, 0.717) is 30.8 Å². The minimum Gasteiger partial charge on any atom is -0.444 e. The number of para-hydroxylation sites is 1. The molecular weight excluding hydrogens is 530 g/mol. The number of pyridine rings is 1. The molecule has 42 heavy (non-hydrogen) atoms. The summed E-state index contributed by atoms with van der Waals surface area (Å²) in [7, 11) is 0. The number of benzene rings is 1. The van der Waals surface area contributed by atoms with E-state index in [2.05, 4.69) is 38.1 Å². The van der Waals surface area contributed by atoms with Gasteiger partial charge in [0.25, 0.3) is 5.91 Å². The van der Waals surface area contributed by atoms with E-state index in [1.165, 1.54) is 0 Å². The highest BCUT2D eigenvalue weighted by atomic mass is 16.6. The Labute approximate surface area is 244 Å². The molecule has 0 unspecified atom stereocenters. The number of imidazole rings is 1. The molecule has 0 spiro atoms. The molecule has 6 rings (SSSR count). The average molecular weight is 566 g/mol. The van der Waals surface area contributed by atoms with Gasteiger partial charge in [-0.05, 0) is 64.8 Å². The molecule has 0 saturated carbocycles. The van der Waals surface area contributed by atoms with E-state index in [-0.39, 0.29) is 11.9 Å². The monoisotopic (exact) mass is 565 g/mol. The van der Waals surface area contributed by atoms with Crippen molar-refractivity contribution < 1.29 is 14.3 Å². The maximum Gasteiger partial charge on any atom is 0.407 e. The fourth-order valence-corrected chi connectivity index (χ4v) is 5.63. The number of ether oxygens (including phenoxy) is 1. The van der Waals surface area contributed by atoms with Gasteiger partial charge in [-0.3, -0.25) is 14.8 Å². The number of fused-ring (bicyclic) bond motifs is 2. The second-order valence-corrected chi connectivity index (χ2v) is 11.8. The highest BCUT2D eigenvalue weighted by Gasteiger charge is 2.28. The number of likely N-dealkylation sites (tertiary alicyclic amines) is 1. The third-order valence-electron chi connectivity index (χ3n) is 7.53. The standard InChI is InChI=1S/C32H35N7O3/c1-21-29(27-16-22-8-5-6-10-26(22)39(27)20-25-18-33-12-13-34-25)36-28-17-23(11-15-38(21)28)30(40)37-14-7-9-24(19-37)35-31(41)42-32(2,3)4/h5-6,8,10-13,15-18,24H,7,9,14,19-20H2,1-4H3,(H,35,41)/t24-/m1/s1. The van der Waals surface area contributed by atoms with Crippen molar-refractivity contribution in [1.29, 1.82) is 0 Å². The quantitative estimate of drug-likeness (QED) is 0.313. The molecule has 0 radical (unpaired) electrons. The van der Waals surface area contributed by atoms with Crippen molar-refractivity contribution in [3.05, 3.63) is 84.2 Å². The number of carbonyl (C=O) groups excluding carboxylic acids is 2. The van der Waals surface area contributed by atoms with Crippen LogP contribution in [0.3, 0.4) is 0 Å². The van der Waals surface area contributed by atoms with Crippen LogP contribution in [0.2, 0.25) is 0 Å². The molecule has 1 saturated heterocycles. The van der Waals surface area contributed by atoms with Crippen molar-refractivity contribution in [2.75, 3.05) is 13.1 Å². The van der Waals surface area contributed by atoms with Gasteiger partial charge in [0.1, 0.15) is 16.9 Å². The van der Waals surface area contributed by atoms with Crippen molar-refractivity contribution in [3.63, 3.8) is 0 Å². The summed E-state index contributed by atoms with van der Waals surface area (Å²) < 4.78 is 9.63. The third-order valence-corrected chi connectivity index (χ3v) is 7.53. The normalized spacial score (nSPS) is 15.7.